The van der Waals surface area contributed by atoms with Crippen LogP contribution in [0.15, 0.2) is 23.4 Å². The van der Waals surface area contributed by atoms with Crippen LogP contribution in [0, 0.1) is 10.1 Å². The van der Waals surface area contributed by atoms with E-state index >= 15 is 0 Å². The maximum atomic E-state index is 10.6. The summed E-state index contributed by atoms with van der Waals surface area (Å²) >= 11 is 1.46. The van der Waals surface area contributed by atoms with Crippen LogP contribution < -0.4 is 0 Å². The van der Waals surface area contributed by atoms with Gasteiger partial charge >= 0.3 is 0 Å². The van der Waals surface area contributed by atoms with Gasteiger partial charge in [0.15, 0.2) is 0 Å². The Bertz CT molecular complexity index is 258. The van der Waals surface area contributed by atoms with Gasteiger partial charge < -0.3 is 4.90 Å². The van der Waals surface area contributed by atoms with Gasteiger partial charge in [0, 0.05) is 19.2 Å². The second kappa shape index (κ2) is 5.70. The van der Waals surface area contributed by atoms with E-state index in [0.29, 0.717) is 0 Å². The predicted molar refractivity (Wildman–Crippen MR) is 58.5 cm³/mol. The minimum atomic E-state index is -0.342. The maximum Gasteiger partial charge on any atom is 0.285 e. The largest absolute Gasteiger partial charge is 0.372 e. The Kier molecular flexibility index (Phi) is 4.52. The van der Waals surface area contributed by atoms with E-state index in [9.17, 15) is 10.1 Å². The molecule has 1 aliphatic rings. The van der Waals surface area contributed by atoms with E-state index in [2.05, 4.69) is 0 Å². The van der Waals surface area contributed by atoms with Crippen molar-refractivity contribution < 1.29 is 4.92 Å². The van der Waals surface area contributed by atoms with Crippen LogP contribution >= 0.6 is 11.8 Å². The molecule has 0 aliphatic carbocycles. The lowest BCUT2D eigenvalue weighted by Crippen LogP contribution is -2.13. The molecule has 0 N–H and O–H groups in total. The first-order chi connectivity index (χ1) is 6.74. The molecule has 1 aliphatic heterocycles. The van der Waals surface area contributed by atoms with E-state index < -0.39 is 0 Å². The lowest BCUT2D eigenvalue weighted by molar-refractivity contribution is -0.420. The Balaban J connectivity index is 2.64. The summed E-state index contributed by atoms with van der Waals surface area (Å²) in [4.78, 5) is 12.3. The van der Waals surface area contributed by atoms with Gasteiger partial charge in [0.05, 0.1) is 11.1 Å². The van der Waals surface area contributed by atoms with Crippen LogP contribution in [0.4, 0.5) is 0 Å². The van der Waals surface area contributed by atoms with E-state index in [1.807, 2.05) is 11.2 Å². The fourth-order valence-corrected chi connectivity index (χ4v) is 1.62. The molecular formula is C9H14N2O2S. The molecule has 4 nitrogen and oxygen atoms in total. The fraction of sp³-hybridized carbons (Fsp3) is 0.556. The number of likely N-dealkylation sites (tertiary alicyclic amines) is 1. The van der Waals surface area contributed by atoms with Gasteiger partial charge in [0.2, 0.25) is 0 Å². The van der Waals surface area contributed by atoms with E-state index in [-0.39, 0.29) is 10.6 Å². The molecule has 0 unspecified atom stereocenters. The van der Waals surface area contributed by atoms with Crippen molar-refractivity contribution in [2.75, 3.05) is 19.3 Å². The van der Waals surface area contributed by atoms with Crippen molar-refractivity contribution in [3.05, 3.63) is 33.5 Å². The molecule has 1 rings (SSSR count). The average molecular weight is 214 g/mol. The second-order valence-corrected chi connectivity index (χ2v) is 3.84. The minimum Gasteiger partial charge on any atom is -0.372 e. The number of hydrogen-bond acceptors (Lipinski definition) is 4. The maximum absolute atomic E-state index is 10.6. The first-order valence-corrected chi connectivity index (χ1v) is 5.82. The molecule has 0 bridgehead atoms. The number of nitrogens with zero attached hydrogens (tertiary/aromatic N) is 2. The third kappa shape index (κ3) is 3.41. The molecule has 0 aromatic rings. The molecule has 5 heteroatoms. The Morgan fingerprint density at radius 1 is 1.50 bits per heavy atom. The van der Waals surface area contributed by atoms with Crippen molar-refractivity contribution in [1.82, 2.24) is 4.90 Å². The molecule has 0 atom stereocenters. The highest BCUT2D eigenvalue weighted by Gasteiger charge is 2.13. The Labute approximate surface area is 87.8 Å². The smallest absolute Gasteiger partial charge is 0.285 e. The zero-order valence-electron chi connectivity index (χ0n) is 8.18. The first kappa shape index (κ1) is 11.1. The van der Waals surface area contributed by atoms with Crippen LogP contribution in [0.3, 0.4) is 0 Å². The van der Waals surface area contributed by atoms with Gasteiger partial charge in [-0.3, -0.25) is 10.1 Å². The monoisotopic (exact) mass is 214 g/mol. The van der Waals surface area contributed by atoms with Gasteiger partial charge in [-0.25, -0.2) is 0 Å². The van der Waals surface area contributed by atoms with E-state index in [4.69, 9.17) is 0 Å². The SMILES string of the molecule is CS/C=C\C(=C/N1CCCC1)[N+](=O)[O-]. The Hall–Kier alpha value is -0.970. The summed E-state index contributed by atoms with van der Waals surface area (Å²) in [6.07, 6.45) is 7.33. The first-order valence-electron chi connectivity index (χ1n) is 4.53. The number of nitro groups is 1. The molecular weight excluding hydrogens is 200 g/mol. The molecule has 0 amide bonds. The number of thioether (sulfide) groups is 1. The van der Waals surface area contributed by atoms with Crippen molar-refractivity contribution in [1.29, 1.82) is 0 Å². The van der Waals surface area contributed by atoms with Crippen LogP contribution in [0.2, 0.25) is 0 Å². The zero-order valence-corrected chi connectivity index (χ0v) is 9.00. The second-order valence-electron chi connectivity index (χ2n) is 3.09. The van der Waals surface area contributed by atoms with Gasteiger partial charge in [-0.05, 0) is 24.5 Å². The van der Waals surface area contributed by atoms with Crippen LogP contribution in [-0.2, 0) is 0 Å². The summed E-state index contributed by atoms with van der Waals surface area (Å²) < 4.78 is 0. The Morgan fingerprint density at radius 2 is 2.14 bits per heavy atom. The van der Waals surface area contributed by atoms with Gasteiger partial charge in [0.1, 0.15) is 0 Å². The third-order valence-electron chi connectivity index (χ3n) is 2.04. The van der Waals surface area contributed by atoms with Crippen molar-refractivity contribution >= 4 is 11.8 Å². The summed E-state index contributed by atoms with van der Waals surface area (Å²) in [5.74, 6) is 0. The highest BCUT2D eigenvalue weighted by molar-refractivity contribution is 8.01. The van der Waals surface area contributed by atoms with Gasteiger partial charge in [-0.15, -0.1) is 11.8 Å². The molecule has 78 valence electrons. The lowest BCUT2D eigenvalue weighted by atomic mass is 10.4. The summed E-state index contributed by atoms with van der Waals surface area (Å²) in [5.41, 5.74) is 0.168. The Morgan fingerprint density at radius 3 is 2.64 bits per heavy atom. The quantitative estimate of drug-likeness (QED) is 0.408. The molecule has 0 aromatic heterocycles. The normalized spacial score (nSPS) is 18.1. The van der Waals surface area contributed by atoms with Crippen LogP contribution in [0.25, 0.3) is 0 Å². The number of hydrogen-bond donors (Lipinski definition) is 0. The van der Waals surface area contributed by atoms with Crippen molar-refractivity contribution in [3.63, 3.8) is 0 Å². The highest BCUT2D eigenvalue weighted by Crippen LogP contribution is 2.11. The topological polar surface area (TPSA) is 46.4 Å². The number of rotatable bonds is 4. The number of allylic oxidation sites excluding steroid dienone is 1. The van der Waals surface area contributed by atoms with Crippen molar-refractivity contribution in [2.45, 2.75) is 12.8 Å². The van der Waals surface area contributed by atoms with Gasteiger partial charge in [-0.2, -0.15) is 0 Å². The van der Waals surface area contributed by atoms with Crippen LogP contribution in [0.5, 0.6) is 0 Å². The molecule has 0 spiro atoms. The van der Waals surface area contributed by atoms with Crippen LogP contribution in [-0.4, -0.2) is 29.2 Å². The zero-order chi connectivity index (χ0) is 10.4. The molecule has 0 radical (unpaired) electrons. The van der Waals surface area contributed by atoms with E-state index in [1.54, 1.807) is 17.7 Å². The molecule has 1 saturated heterocycles. The fourth-order valence-electron chi connectivity index (χ4n) is 1.35. The summed E-state index contributed by atoms with van der Waals surface area (Å²) in [7, 11) is 0. The third-order valence-corrected chi connectivity index (χ3v) is 2.45. The summed E-state index contributed by atoms with van der Waals surface area (Å²) in [6, 6.07) is 0. The van der Waals surface area contributed by atoms with Crippen molar-refractivity contribution in [2.24, 2.45) is 0 Å². The standard InChI is InChI=1S/C9H14N2O2S/c1-14-7-4-9(11(12)13)8-10-5-2-3-6-10/h4,7-8H,2-3,5-6H2,1H3/b7-4-,9-8+. The predicted octanol–water partition coefficient (Wildman–Crippen LogP) is 2.08. The summed E-state index contributed by atoms with van der Waals surface area (Å²) in [5, 5.41) is 12.4. The molecule has 14 heavy (non-hydrogen) atoms. The van der Waals surface area contributed by atoms with Gasteiger partial charge in [0.25, 0.3) is 5.70 Å². The average Bonchev–Trinajstić information content (AvgIpc) is 2.64. The highest BCUT2D eigenvalue weighted by atomic mass is 32.2. The van der Waals surface area contributed by atoms with E-state index in [1.165, 1.54) is 11.8 Å². The van der Waals surface area contributed by atoms with Crippen LogP contribution in [0.1, 0.15) is 12.8 Å². The van der Waals surface area contributed by atoms with Gasteiger partial charge in [-0.1, -0.05) is 0 Å². The van der Waals surface area contributed by atoms with Crippen molar-refractivity contribution in [3.8, 4) is 0 Å². The summed E-state index contributed by atoms with van der Waals surface area (Å²) in [6.45, 7) is 1.87. The molecule has 0 saturated carbocycles. The lowest BCUT2D eigenvalue weighted by Gasteiger charge is -2.09. The van der Waals surface area contributed by atoms with E-state index in [0.717, 1.165) is 25.9 Å². The molecule has 0 aromatic carbocycles. The molecule has 1 fully saturated rings. The molecule has 1 heterocycles. The minimum absolute atomic E-state index is 0.168.